The number of aromatic nitrogens is 3. The van der Waals surface area contributed by atoms with Gasteiger partial charge in [-0.1, -0.05) is 32.9 Å². The van der Waals surface area contributed by atoms with Crippen LogP contribution in [0.25, 0.3) is 0 Å². The largest absolute Gasteiger partial charge is 0.310 e. The number of aryl methyl sites for hydroxylation is 1. The number of pyridine rings is 1. The van der Waals surface area contributed by atoms with E-state index >= 15 is 0 Å². The van der Waals surface area contributed by atoms with Crippen molar-refractivity contribution in [3.63, 3.8) is 0 Å². The lowest BCUT2D eigenvalue weighted by molar-refractivity contribution is -0.115. The summed E-state index contributed by atoms with van der Waals surface area (Å²) in [5, 5.41) is 11.4. The fourth-order valence-corrected chi connectivity index (χ4v) is 5.17. The van der Waals surface area contributed by atoms with Crippen molar-refractivity contribution in [1.82, 2.24) is 15.2 Å². The second-order valence-electron chi connectivity index (χ2n) is 9.62. The molecule has 0 aliphatic heterocycles. The summed E-state index contributed by atoms with van der Waals surface area (Å²) >= 11 is 0. The van der Waals surface area contributed by atoms with Crippen LogP contribution >= 0.6 is 0 Å². The van der Waals surface area contributed by atoms with Gasteiger partial charge in [-0.25, -0.2) is 13.4 Å². The first-order valence-electron chi connectivity index (χ1n) is 12.0. The van der Waals surface area contributed by atoms with Gasteiger partial charge in [-0.05, 0) is 67.6 Å². The summed E-state index contributed by atoms with van der Waals surface area (Å²) in [6, 6.07) is 13.5. The highest BCUT2D eigenvalue weighted by molar-refractivity contribution is 7.91. The molecule has 0 spiro atoms. The van der Waals surface area contributed by atoms with Crippen LogP contribution in [-0.4, -0.2) is 41.0 Å². The van der Waals surface area contributed by atoms with Crippen LogP contribution < -0.4 is 5.32 Å². The number of sulfone groups is 1. The van der Waals surface area contributed by atoms with Gasteiger partial charge in [0.05, 0.1) is 39.6 Å². The summed E-state index contributed by atoms with van der Waals surface area (Å²) in [7, 11) is -3.28. The quantitative estimate of drug-likeness (QED) is 0.513. The Morgan fingerprint density at radius 2 is 1.78 bits per heavy atom. The highest BCUT2D eigenvalue weighted by Crippen LogP contribution is 2.37. The number of carbonyl (C=O) groups excluding carboxylic acids is 2. The summed E-state index contributed by atoms with van der Waals surface area (Å²) in [4.78, 5) is 30.7. The minimum Gasteiger partial charge on any atom is -0.310 e. The minimum absolute atomic E-state index is 0.0241. The lowest BCUT2D eigenvalue weighted by atomic mass is 9.71. The van der Waals surface area contributed by atoms with E-state index in [1.165, 1.54) is 12.1 Å². The molecule has 2 heterocycles. The van der Waals surface area contributed by atoms with E-state index in [1.807, 2.05) is 32.9 Å². The Morgan fingerprint density at radius 1 is 1.06 bits per heavy atom. The van der Waals surface area contributed by atoms with E-state index in [2.05, 4.69) is 20.5 Å². The van der Waals surface area contributed by atoms with E-state index in [9.17, 15) is 18.0 Å². The number of fused-ring (bicyclic) bond motifs is 1. The number of anilines is 1. The predicted molar refractivity (Wildman–Crippen MR) is 137 cm³/mol. The molecule has 9 heteroatoms. The molecule has 4 rings (SSSR count). The van der Waals surface area contributed by atoms with E-state index in [1.54, 1.807) is 31.2 Å². The third kappa shape index (κ3) is 5.06. The maximum atomic E-state index is 13.4. The van der Waals surface area contributed by atoms with Gasteiger partial charge in [0.15, 0.2) is 15.6 Å². The standard InChI is InChI=1S/C27H30N4O4S/c1-5-36(34,35)19-8-6-18(7-9-19)16-25(32)29-24-13-10-20-22(28-24)14-15-27(4,26(20)33)23-12-11-21(17(2)3)30-31-23/h6-13,17H,5,14-16H2,1-4H3,(H,28,29,32). The molecule has 1 atom stereocenters. The van der Waals surface area contributed by atoms with Gasteiger partial charge < -0.3 is 5.32 Å². The SMILES string of the molecule is CCS(=O)(=O)c1ccc(CC(=O)Nc2ccc3c(n2)CCC(C)(c2ccc(C(C)C)nn2)C3=O)cc1. The van der Waals surface area contributed by atoms with Crippen LogP contribution in [-0.2, 0) is 32.9 Å². The molecule has 0 fully saturated rings. The fourth-order valence-electron chi connectivity index (χ4n) is 4.29. The molecular weight excluding hydrogens is 476 g/mol. The number of benzene rings is 1. The maximum Gasteiger partial charge on any atom is 0.229 e. The Labute approximate surface area is 211 Å². The van der Waals surface area contributed by atoms with Gasteiger partial charge in [0.2, 0.25) is 5.91 Å². The first-order chi connectivity index (χ1) is 17.0. The predicted octanol–water partition coefficient (Wildman–Crippen LogP) is 4.06. The molecule has 1 unspecified atom stereocenters. The molecule has 1 aliphatic carbocycles. The molecule has 0 saturated carbocycles. The van der Waals surface area contributed by atoms with Crippen molar-refractivity contribution in [3.05, 3.63) is 76.7 Å². The summed E-state index contributed by atoms with van der Waals surface area (Å²) in [6.07, 6.45) is 1.20. The molecule has 188 valence electrons. The number of amides is 1. The van der Waals surface area contributed by atoms with E-state index in [0.717, 1.165) is 5.69 Å². The molecular formula is C27H30N4O4S. The molecule has 36 heavy (non-hydrogen) atoms. The summed E-state index contributed by atoms with van der Waals surface area (Å²) in [5.74, 6) is 0.331. The molecule has 0 bridgehead atoms. The molecule has 8 nitrogen and oxygen atoms in total. The molecule has 3 aromatic rings. The van der Waals surface area contributed by atoms with Crippen LogP contribution in [0.3, 0.4) is 0 Å². The highest BCUT2D eigenvalue weighted by Gasteiger charge is 2.42. The first kappa shape index (κ1) is 25.6. The van der Waals surface area contributed by atoms with Crippen molar-refractivity contribution in [2.24, 2.45) is 0 Å². The van der Waals surface area contributed by atoms with E-state index < -0.39 is 15.3 Å². The topological polar surface area (TPSA) is 119 Å². The third-order valence-electron chi connectivity index (χ3n) is 6.72. The molecule has 2 aromatic heterocycles. The summed E-state index contributed by atoms with van der Waals surface area (Å²) in [6.45, 7) is 7.58. The molecule has 1 aliphatic rings. The van der Waals surface area contributed by atoms with Crippen molar-refractivity contribution in [2.45, 2.75) is 63.2 Å². The monoisotopic (exact) mass is 506 g/mol. The summed E-state index contributed by atoms with van der Waals surface area (Å²) < 4.78 is 23.9. The maximum absolute atomic E-state index is 13.4. The van der Waals surface area contributed by atoms with Crippen LogP contribution in [0.5, 0.6) is 0 Å². The van der Waals surface area contributed by atoms with Crippen molar-refractivity contribution in [1.29, 1.82) is 0 Å². The van der Waals surface area contributed by atoms with E-state index in [0.29, 0.717) is 41.2 Å². The number of nitrogens with zero attached hydrogens (tertiary/aromatic N) is 3. The highest BCUT2D eigenvalue weighted by atomic mass is 32.2. The Kier molecular flexibility index (Phi) is 7.04. The molecule has 1 amide bonds. The number of Topliss-reactive ketones (excluding diaryl/α,β-unsaturated/α-hetero) is 1. The van der Waals surface area contributed by atoms with Crippen LogP contribution in [0.4, 0.5) is 5.82 Å². The molecule has 1 N–H and O–H groups in total. The smallest absolute Gasteiger partial charge is 0.229 e. The van der Waals surface area contributed by atoms with Gasteiger partial charge >= 0.3 is 0 Å². The number of hydrogen-bond donors (Lipinski definition) is 1. The number of carbonyl (C=O) groups is 2. The van der Waals surface area contributed by atoms with Gasteiger partial charge in [-0.2, -0.15) is 10.2 Å². The first-order valence-corrected chi connectivity index (χ1v) is 13.7. The normalized spacial score (nSPS) is 17.6. The van der Waals surface area contributed by atoms with Crippen molar-refractivity contribution >= 4 is 27.3 Å². The average Bonchev–Trinajstić information content (AvgIpc) is 2.86. The molecule has 1 aromatic carbocycles. The fraction of sp³-hybridized carbons (Fsp3) is 0.370. The van der Waals surface area contributed by atoms with Gasteiger partial charge in [0, 0.05) is 5.56 Å². The van der Waals surface area contributed by atoms with Crippen LogP contribution in [0.2, 0.25) is 0 Å². The number of ketones is 1. The second kappa shape index (κ2) is 9.89. The third-order valence-corrected chi connectivity index (χ3v) is 8.47. The Balaban J connectivity index is 1.46. The van der Waals surface area contributed by atoms with Gasteiger partial charge in [0.25, 0.3) is 0 Å². The van der Waals surface area contributed by atoms with E-state index in [4.69, 9.17) is 0 Å². The van der Waals surface area contributed by atoms with Crippen LogP contribution in [0.15, 0.2) is 53.4 Å². The Bertz CT molecular complexity index is 1400. The zero-order valence-corrected chi connectivity index (χ0v) is 21.7. The zero-order chi connectivity index (χ0) is 26.1. The van der Waals surface area contributed by atoms with Crippen molar-refractivity contribution in [3.8, 4) is 0 Å². The van der Waals surface area contributed by atoms with Crippen molar-refractivity contribution < 1.29 is 18.0 Å². The molecule has 0 radical (unpaired) electrons. The summed E-state index contributed by atoms with van der Waals surface area (Å²) in [5.41, 5.74) is 2.63. The van der Waals surface area contributed by atoms with E-state index in [-0.39, 0.29) is 34.7 Å². The molecule has 0 saturated heterocycles. The zero-order valence-electron chi connectivity index (χ0n) is 20.9. The lowest BCUT2D eigenvalue weighted by Gasteiger charge is -2.32. The number of hydrogen-bond acceptors (Lipinski definition) is 7. The number of rotatable bonds is 7. The Hall–Kier alpha value is -3.46. The van der Waals surface area contributed by atoms with Crippen LogP contribution in [0.1, 0.15) is 73.0 Å². The number of nitrogens with one attached hydrogen (secondary N) is 1. The van der Waals surface area contributed by atoms with Gasteiger partial charge in [-0.15, -0.1) is 0 Å². The minimum atomic E-state index is -3.28. The van der Waals surface area contributed by atoms with Crippen LogP contribution in [0, 0.1) is 0 Å². The second-order valence-corrected chi connectivity index (χ2v) is 11.9. The van der Waals surface area contributed by atoms with Crippen molar-refractivity contribution in [2.75, 3.05) is 11.1 Å². The average molecular weight is 507 g/mol. The van der Waals surface area contributed by atoms with Gasteiger partial charge in [0.1, 0.15) is 5.82 Å². The Morgan fingerprint density at radius 3 is 2.39 bits per heavy atom. The lowest BCUT2D eigenvalue weighted by Crippen LogP contribution is -2.39. The van der Waals surface area contributed by atoms with Gasteiger partial charge in [-0.3, -0.25) is 9.59 Å².